The van der Waals surface area contributed by atoms with Crippen LogP contribution in [-0.4, -0.2) is 42.0 Å². The Hall–Kier alpha value is -1.95. The molecule has 5 nitrogen and oxygen atoms in total. The van der Waals surface area contributed by atoms with Crippen LogP contribution in [0.3, 0.4) is 0 Å². The maximum atomic E-state index is 11.7. The van der Waals surface area contributed by atoms with Crippen LogP contribution in [0.5, 0.6) is 0 Å². The van der Waals surface area contributed by atoms with Crippen LogP contribution in [0.25, 0.3) is 10.9 Å². The summed E-state index contributed by atoms with van der Waals surface area (Å²) < 4.78 is 4.54. The Bertz CT molecular complexity index is 639. The fourth-order valence-electron chi connectivity index (χ4n) is 2.14. The van der Waals surface area contributed by atoms with E-state index in [1.54, 1.807) is 0 Å². The molecule has 0 radical (unpaired) electrons. The van der Waals surface area contributed by atoms with Gasteiger partial charge in [-0.05, 0) is 18.1 Å². The lowest BCUT2D eigenvalue weighted by molar-refractivity contribution is -0.137. The van der Waals surface area contributed by atoms with E-state index in [1.165, 1.54) is 29.8 Å². The third-order valence-electron chi connectivity index (χ3n) is 3.31. The van der Waals surface area contributed by atoms with Crippen molar-refractivity contribution in [3.63, 3.8) is 0 Å². The Kier molecular flexibility index (Phi) is 6.33. The van der Waals surface area contributed by atoms with Crippen LogP contribution in [0.1, 0.15) is 12.0 Å². The zero-order valence-corrected chi connectivity index (χ0v) is 13.4. The lowest BCUT2D eigenvalue weighted by Crippen LogP contribution is -2.26. The van der Waals surface area contributed by atoms with Gasteiger partial charge < -0.3 is 15.0 Å². The van der Waals surface area contributed by atoms with Crippen LogP contribution in [0.15, 0.2) is 30.5 Å². The van der Waals surface area contributed by atoms with Gasteiger partial charge >= 0.3 is 5.97 Å². The molecule has 2 N–H and O–H groups in total. The number of aromatic amines is 1. The Morgan fingerprint density at radius 3 is 2.95 bits per heavy atom. The molecule has 0 saturated heterocycles. The third kappa shape index (κ3) is 4.80. The van der Waals surface area contributed by atoms with Crippen molar-refractivity contribution in [2.45, 2.75) is 12.8 Å². The normalized spacial score (nSPS) is 10.6. The number of ether oxygens (including phenoxy) is 1. The predicted octanol–water partition coefficient (Wildman–Crippen LogP) is 2.12. The number of fused-ring (bicyclic) bond motifs is 1. The van der Waals surface area contributed by atoms with E-state index in [4.69, 9.17) is 0 Å². The van der Waals surface area contributed by atoms with Crippen molar-refractivity contribution in [1.82, 2.24) is 10.3 Å². The molecule has 1 heterocycles. The van der Waals surface area contributed by atoms with Crippen LogP contribution < -0.4 is 5.32 Å². The highest BCUT2D eigenvalue weighted by molar-refractivity contribution is 7.99. The first-order valence-electron chi connectivity index (χ1n) is 7.17. The van der Waals surface area contributed by atoms with Gasteiger partial charge in [-0.1, -0.05) is 18.2 Å². The van der Waals surface area contributed by atoms with Crippen molar-refractivity contribution in [2.75, 3.05) is 25.2 Å². The molecule has 1 amide bonds. The summed E-state index contributed by atoms with van der Waals surface area (Å²) in [6.45, 7) is 0.613. The second kappa shape index (κ2) is 8.48. The molecule has 22 heavy (non-hydrogen) atoms. The van der Waals surface area contributed by atoms with Gasteiger partial charge in [-0.25, -0.2) is 0 Å². The SMILES string of the molecule is COC(=O)CSCCC(=O)NCCc1c[nH]c2ccccc12. The molecular formula is C16H20N2O3S. The zero-order chi connectivity index (χ0) is 15.8. The lowest BCUT2D eigenvalue weighted by atomic mass is 10.1. The highest BCUT2D eigenvalue weighted by atomic mass is 32.2. The molecule has 1 aromatic heterocycles. The minimum absolute atomic E-state index is 0.0113. The molecule has 2 aromatic rings. The van der Waals surface area contributed by atoms with Crippen molar-refractivity contribution < 1.29 is 14.3 Å². The number of carbonyl (C=O) groups is 2. The van der Waals surface area contributed by atoms with Crippen molar-refractivity contribution in [3.05, 3.63) is 36.0 Å². The van der Waals surface area contributed by atoms with Gasteiger partial charge in [0, 0.05) is 35.8 Å². The smallest absolute Gasteiger partial charge is 0.315 e. The predicted molar refractivity (Wildman–Crippen MR) is 89.0 cm³/mol. The van der Waals surface area contributed by atoms with Crippen LogP contribution in [0, 0.1) is 0 Å². The summed E-state index contributed by atoms with van der Waals surface area (Å²) in [4.78, 5) is 25.8. The molecule has 118 valence electrons. The minimum atomic E-state index is -0.259. The quantitative estimate of drug-likeness (QED) is 0.577. The number of amides is 1. The molecule has 0 saturated carbocycles. The van der Waals surface area contributed by atoms with Gasteiger partial charge in [-0.15, -0.1) is 11.8 Å². The topological polar surface area (TPSA) is 71.2 Å². The van der Waals surface area contributed by atoms with E-state index in [2.05, 4.69) is 21.1 Å². The van der Waals surface area contributed by atoms with Crippen molar-refractivity contribution in [3.8, 4) is 0 Å². The second-order valence-corrected chi connectivity index (χ2v) is 5.94. The Morgan fingerprint density at radius 2 is 2.14 bits per heavy atom. The molecule has 1 aromatic carbocycles. The molecule has 0 bridgehead atoms. The number of rotatable bonds is 8. The maximum absolute atomic E-state index is 11.7. The van der Waals surface area contributed by atoms with Gasteiger partial charge in [0.25, 0.3) is 0 Å². The van der Waals surface area contributed by atoms with Gasteiger partial charge in [-0.2, -0.15) is 0 Å². The van der Waals surface area contributed by atoms with E-state index in [9.17, 15) is 9.59 Å². The van der Waals surface area contributed by atoms with Crippen molar-refractivity contribution in [2.24, 2.45) is 0 Å². The average molecular weight is 320 g/mol. The maximum Gasteiger partial charge on any atom is 0.315 e. The number of carbonyl (C=O) groups excluding carboxylic acids is 2. The molecule has 0 unspecified atom stereocenters. The fourth-order valence-corrected chi connectivity index (χ4v) is 2.90. The number of H-pyrrole nitrogens is 1. The number of benzene rings is 1. The first-order chi connectivity index (χ1) is 10.7. The Labute approximate surface area is 133 Å². The third-order valence-corrected chi connectivity index (χ3v) is 4.25. The fraction of sp³-hybridized carbons (Fsp3) is 0.375. The molecule has 0 aliphatic rings. The molecule has 0 atom stereocenters. The van der Waals surface area contributed by atoms with E-state index in [0.29, 0.717) is 24.5 Å². The average Bonchev–Trinajstić information content (AvgIpc) is 2.95. The summed E-state index contributed by atoms with van der Waals surface area (Å²) in [7, 11) is 1.36. The largest absolute Gasteiger partial charge is 0.468 e. The molecule has 6 heteroatoms. The summed E-state index contributed by atoms with van der Waals surface area (Å²) in [5.74, 6) is 0.662. The van der Waals surface area contributed by atoms with E-state index in [1.807, 2.05) is 24.4 Å². The summed E-state index contributed by atoms with van der Waals surface area (Å²) in [6.07, 6.45) is 3.20. The number of hydrogen-bond acceptors (Lipinski definition) is 4. The summed E-state index contributed by atoms with van der Waals surface area (Å²) in [5.41, 5.74) is 2.32. The Balaban J connectivity index is 1.66. The summed E-state index contributed by atoms with van der Waals surface area (Å²) in [5, 5.41) is 4.10. The Morgan fingerprint density at radius 1 is 1.32 bits per heavy atom. The number of hydrogen-bond donors (Lipinski definition) is 2. The minimum Gasteiger partial charge on any atom is -0.468 e. The standard InChI is InChI=1S/C16H20N2O3S/c1-21-16(20)11-22-9-7-15(19)17-8-6-12-10-18-14-5-3-2-4-13(12)14/h2-5,10,18H,6-9,11H2,1H3,(H,17,19). The second-order valence-electron chi connectivity index (χ2n) is 4.84. The summed E-state index contributed by atoms with van der Waals surface area (Å²) >= 11 is 1.41. The van der Waals surface area contributed by atoms with E-state index < -0.39 is 0 Å². The first-order valence-corrected chi connectivity index (χ1v) is 8.32. The van der Waals surface area contributed by atoms with Crippen molar-refractivity contribution in [1.29, 1.82) is 0 Å². The molecule has 0 aliphatic heterocycles. The molecular weight excluding hydrogens is 300 g/mol. The first kappa shape index (κ1) is 16.4. The lowest BCUT2D eigenvalue weighted by Gasteiger charge is -2.05. The van der Waals surface area contributed by atoms with Gasteiger partial charge in [0.2, 0.25) is 5.91 Å². The number of esters is 1. The van der Waals surface area contributed by atoms with Crippen molar-refractivity contribution >= 4 is 34.5 Å². The number of thioether (sulfide) groups is 1. The van der Waals surface area contributed by atoms with Gasteiger partial charge in [0.05, 0.1) is 12.9 Å². The molecule has 0 fully saturated rings. The van der Waals surface area contributed by atoms with Crippen LogP contribution >= 0.6 is 11.8 Å². The van der Waals surface area contributed by atoms with Gasteiger partial charge in [0.15, 0.2) is 0 Å². The van der Waals surface area contributed by atoms with Crippen LogP contribution in [0.2, 0.25) is 0 Å². The zero-order valence-electron chi connectivity index (χ0n) is 12.6. The number of methoxy groups -OCH3 is 1. The van der Waals surface area contributed by atoms with Crippen LogP contribution in [0.4, 0.5) is 0 Å². The number of aromatic nitrogens is 1. The van der Waals surface area contributed by atoms with Gasteiger partial charge in [-0.3, -0.25) is 9.59 Å². The van der Waals surface area contributed by atoms with Crippen LogP contribution in [-0.2, 0) is 20.7 Å². The molecule has 0 aliphatic carbocycles. The highest BCUT2D eigenvalue weighted by Gasteiger charge is 2.06. The number of para-hydroxylation sites is 1. The molecule has 0 spiro atoms. The monoisotopic (exact) mass is 320 g/mol. The highest BCUT2D eigenvalue weighted by Crippen LogP contribution is 2.17. The summed E-state index contributed by atoms with van der Waals surface area (Å²) in [6, 6.07) is 8.12. The van der Waals surface area contributed by atoms with E-state index in [-0.39, 0.29) is 11.9 Å². The van der Waals surface area contributed by atoms with E-state index in [0.717, 1.165) is 11.9 Å². The molecule has 2 rings (SSSR count). The number of nitrogens with one attached hydrogen (secondary N) is 2. The van der Waals surface area contributed by atoms with E-state index >= 15 is 0 Å². The van der Waals surface area contributed by atoms with Gasteiger partial charge in [0.1, 0.15) is 0 Å².